The smallest absolute Gasteiger partial charge is 0.350 e. The van der Waals surface area contributed by atoms with Crippen LogP contribution in [-0.2, 0) is 27.3 Å². The highest BCUT2D eigenvalue weighted by Crippen LogP contribution is 2.23. The van der Waals surface area contributed by atoms with E-state index in [9.17, 15) is 14.4 Å². The average molecular weight is 470 g/mol. The third kappa shape index (κ3) is 8.86. The number of nitrogens with one attached hydrogen (secondary N) is 1. The van der Waals surface area contributed by atoms with Crippen LogP contribution in [0.4, 0.5) is 4.79 Å². The van der Waals surface area contributed by atoms with Gasteiger partial charge in [0, 0.05) is 13.0 Å². The van der Waals surface area contributed by atoms with Gasteiger partial charge in [0.2, 0.25) is 5.91 Å². The number of hydrazine groups is 1. The van der Waals surface area contributed by atoms with Gasteiger partial charge in [0.1, 0.15) is 11.4 Å². The summed E-state index contributed by atoms with van der Waals surface area (Å²) in [5, 5.41) is 3.25. The Balaban J connectivity index is 1.77. The molecule has 3 N–H and O–H groups in total. The minimum absolute atomic E-state index is 0.138. The normalized spacial score (nSPS) is 11.5. The van der Waals surface area contributed by atoms with Crippen molar-refractivity contribution in [2.24, 2.45) is 5.84 Å². The fourth-order valence-electron chi connectivity index (χ4n) is 3.00. The molecule has 0 saturated carbocycles. The van der Waals surface area contributed by atoms with Crippen molar-refractivity contribution < 1.29 is 23.9 Å². The molecule has 0 spiro atoms. The number of benzene rings is 2. The van der Waals surface area contributed by atoms with E-state index in [0.717, 1.165) is 11.1 Å². The zero-order valence-corrected chi connectivity index (χ0v) is 20.6. The van der Waals surface area contributed by atoms with E-state index >= 15 is 0 Å². The molecule has 3 amide bonds. The summed E-state index contributed by atoms with van der Waals surface area (Å²) < 4.78 is 11.2. The lowest BCUT2D eigenvalue weighted by Gasteiger charge is -2.29. The minimum atomic E-state index is -1.13. The summed E-state index contributed by atoms with van der Waals surface area (Å²) >= 11 is 0. The van der Waals surface area contributed by atoms with Gasteiger partial charge < -0.3 is 14.8 Å². The number of rotatable bonds is 9. The molecule has 0 aliphatic rings. The monoisotopic (exact) mass is 469 g/mol. The van der Waals surface area contributed by atoms with E-state index in [4.69, 9.17) is 15.3 Å². The molecule has 0 aliphatic heterocycles. The molecule has 2 aromatic rings. The molecule has 0 fully saturated rings. The standard InChI is InChI=1S/C26H35N3O5/c1-25(2,3)34-23(31)26(4,5)33-21-16-14-19(15-17-21)12-9-13-22(30)29(27)24(32)28-18-20-10-7-6-8-11-20/h6-8,10-11,14-17H,9,12-13,18,27H2,1-5H3,(H,28,32). The average Bonchev–Trinajstić information content (AvgIpc) is 2.77. The van der Waals surface area contributed by atoms with E-state index in [1.165, 1.54) is 0 Å². The van der Waals surface area contributed by atoms with Crippen molar-refractivity contribution in [1.82, 2.24) is 10.3 Å². The number of imide groups is 1. The molecule has 0 radical (unpaired) electrons. The van der Waals surface area contributed by atoms with Crippen LogP contribution < -0.4 is 15.9 Å². The van der Waals surface area contributed by atoms with Gasteiger partial charge in [0.25, 0.3) is 0 Å². The summed E-state index contributed by atoms with van der Waals surface area (Å²) in [7, 11) is 0. The number of esters is 1. The molecule has 0 aliphatic carbocycles. The molecular formula is C26H35N3O5. The number of nitrogens with two attached hydrogens (primary N) is 1. The van der Waals surface area contributed by atoms with Gasteiger partial charge in [-0.15, -0.1) is 0 Å². The van der Waals surface area contributed by atoms with E-state index in [-0.39, 0.29) is 6.42 Å². The highest BCUT2D eigenvalue weighted by Gasteiger charge is 2.34. The zero-order chi connectivity index (χ0) is 25.4. The quantitative estimate of drug-likeness (QED) is 0.247. The molecule has 0 bridgehead atoms. The van der Waals surface area contributed by atoms with Crippen LogP contribution in [0.2, 0.25) is 0 Å². The second-order valence-corrected chi connectivity index (χ2v) is 9.52. The van der Waals surface area contributed by atoms with Gasteiger partial charge in [0.15, 0.2) is 5.60 Å². The Hall–Kier alpha value is -3.39. The second kappa shape index (κ2) is 11.7. The van der Waals surface area contributed by atoms with Crippen LogP contribution in [0.25, 0.3) is 0 Å². The number of urea groups is 1. The number of nitrogens with zero attached hydrogens (tertiary/aromatic N) is 1. The van der Waals surface area contributed by atoms with E-state index in [2.05, 4.69) is 5.32 Å². The van der Waals surface area contributed by atoms with Gasteiger partial charge in [-0.25, -0.2) is 15.4 Å². The first-order chi connectivity index (χ1) is 15.9. The lowest BCUT2D eigenvalue weighted by molar-refractivity contribution is -0.170. The van der Waals surface area contributed by atoms with Gasteiger partial charge in [-0.3, -0.25) is 4.79 Å². The van der Waals surface area contributed by atoms with Crippen molar-refractivity contribution in [1.29, 1.82) is 0 Å². The number of carbonyl (C=O) groups excluding carboxylic acids is 3. The van der Waals surface area contributed by atoms with Crippen LogP contribution in [0, 0.1) is 0 Å². The minimum Gasteiger partial charge on any atom is -0.476 e. The van der Waals surface area contributed by atoms with Gasteiger partial charge >= 0.3 is 12.0 Å². The van der Waals surface area contributed by atoms with Crippen molar-refractivity contribution in [2.75, 3.05) is 0 Å². The molecule has 0 heterocycles. The third-order valence-corrected chi connectivity index (χ3v) is 4.82. The Bertz CT molecular complexity index is 966. The molecule has 2 aromatic carbocycles. The lowest BCUT2D eigenvalue weighted by Crippen LogP contribution is -2.48. The molecule has 0 aromatic heterocycles. The van der Waals surface area contributed by atoms with Crippen LogP contribution in [0.15, 0.2) is 54.6 Å². The number of hydrogen-bond donors (Lipinski definition) is 2. The predicted octanol–water partition coefficient (Wildman–Crippen LogP) is 4.12. The summed E-state index contributed by atoms with van der Waals surface area (Å²) in [6, 6.07) is 16.0. The summed E-state index contributed by atoms with van der Waals surface area (Å²) in [4.78, 5) is 36.7. The summed E-state index contributed by atoms with van der Waals surface area (Å²) in [6.45, 7) is 9.04. The second-order valence-electron chi connectivity index (χ2n) is 9.52. The van der Waals surface area contributed by atoms with E-state index in [1.54, 1.807) is 26.0 Å². The first-order valence-electron chi connectivity index (χ1n) is 11.3. The maximum absolute atomic E-state index is 12.4. The Morgan fingerprint density at radius 3 is 2.12 bits per heavy atom. The SMILES string of the molecule is CC(C)(C)OC(=O)C(C)(C)Oc1ccc(CCCC(=O)N(N)C(=O)NCc2ccccc2)cc1. The van der Waals surface area contributed by atoms with Gasteiger partial charge in [0.05, 0.1) is 0 Å². The van der Waals surface area contributed by atoms with Crippen LogP contribution >= 0.6 is 0 Å². The highest BCUT2D eigenvalue weighted by molar-refractivity contribution is 5.93. The Kier molecular flexibility index (Phi) is 9.20. The first kappa shape index (κ1) is 26.9. The molecule has 0 saturated heterocycles. The largest absolute Gasteiger partial charge is 0.476 e. The number of ether oxygens (including phenoxy) is 2. The Labute approximate surface area is 201 Å². The van der Waals surface area contributed by atoms with Crippen molar-refractivity contribution >= 4 is 17.9 Å². The summed E-state index contributed by atoms with van der Waals surface area (Å²) in [5.74, 6) is 5.31. The molecule has 8 nitrogen and oxygen atoms in total. The van der Waals surface area contributed by atoms with Gasteiger partial charge in [-0.1, -0.05) is 42.5 Å². The Morgan fingerprint density at radius 1 is 0.912 bits per heavy atom. The van der Waals surface area contributed by atoms with Crippen molar-refractivity contribution in [3.05, 3.63) is 65.7 Å². The van der Waals surface area contributed by atoms with E-state index in [0.29, 0.717) is 30.1 Å². The van der Waals surface area contributed by atoms with Crippen LogP contribution in [-0.4, -0.2) is 34.1 Å². The molecule has 184 valence electrons. The number of aryl methyl sites for hydroxylation is 1. The maximum atomic E-state index is 12.4. The topological polar surface area (TPSA) is 111 Å². The fourth-order valence-corrected chi connectivity index (χ4v) is 3.00. The van der Waals surface area contributed by atoms with E-state index < -0.39 is 29.1 Å². The van der Waals surface area contributed by atoms with Crippen LogP contribution in [0.3, 0.4) is 0 Å². The molecule has 0 atom stereocenters. The highest BCUT2D eigenvalue weighted by atomic mass is 16.6. The van der Waals surface area contributed by atoms with Crippen molar-refractivity contribution in [3.8, 4) is 5.75 Å². The summed E-state index contributed by atoms with van der Waals surface area (Å²) in [5.41, 5.74) is 0.180. The molecule has 34 heavy (non-hydrogen) atoms. The maximum Gasteiger partial charge on any atom is 0.350 e. The molecular weight excluding hydrogens is 434 g/mol. The predicted molar refractivity (Wildman–Crippen MR) is 130 cm³/mol. The molecule has 8 heteroatoms. The molecule has 2 rings (SSSR count). The zero-order valence-electron chi connectivity index (χ0n) is 20.6. The van der Waals surface area contributed by atoms with Gasteiger partial charge in [-0.2, -0.15) is 5.01 Å². The van der Waals surface area contributed by atoms with Crippen LogP contribution in [0.5, 0.6) is 5.75 Å². The molecule has 0 unspecified atom stereocenters. The third-order valence-electron chi connectivity index (χ3n) is 4.82. The fraction of sp³-hybridized carbons (Fsp3) is 0.423. The van der Waals surface area contributed by atoms with Crippen molar-refractivity contribution in [2.45, 2.75) is 71.6 Å². The Morgan fingerprint density at radius 2 is 1.53 bits per heavy atom. The summed E-state index contributed by atoms with van der Waals surface area (Å²) in [6.07, 6.45) is 1.29. The van der Waals surface area contributed by atoms with Crippen LogP contribution in [0.1, 0.15) is 58.6 Å². The van der Waals surface area contributed by atoms with Crippen molar-refractivity contribution in [3.63, 3.8) is 0 Å². The number of hydrogen-bond acceptors (Lipinski definition) is 6. The first-order valence-corrected chi connectivity index (χ1v) is 11.3. The van der Waals surface area contributed by atoms with E-state index in [1.807, 2.05) is 63.2 Å². The van der Waals surface area contributed by atoms with Gasteiger partial charge in [-0.05, 0) is 70.7 Å². The number of amides is 3. The number of carbonyl (C=O) groups is 3. The lowest BCUT2D eigenvalue weighted by atomic mass is 10.1.